The average molecular weight is 547 g/mol. The molecule has 1 aromatic rings. The summed E-state index contributed by atoms with van der Waals surface area (Å²) < 4.78 is 25.8. The second-order valence-electron chi connectivity index (χ2n) is 10.3. The van der Waals surface area contributed by atoms with Crippen LogP contribution in [0.15, 0.2) is 46.6 Å². The largest absolute Gasteiger partial charge is 0.460 e. The van der Waals surface area contributed by atoms with Gasteiger partial charge in [-0.2, -0.15) is 0 Å². The van der Waals surface area contributed by atoms with Gasteiger partial charge in [0.1, 0.15) is 24.6 Å². The molecule has 3 rings (SSSR count). The van der Waals surface area contributed by atoms with Crippen LogP contribution in [0.3, 0.4) is 0 Å². The molecule has 2 aliphatic rings. The zero-order valence-corrected chi connectivity index (χ0v) is 22.7. The molecule has 0 radical (unpaired) electrons. The molecule has 2 amide bonds. The number of nitrogens with two attached hydrogens (primary N) is 1. The van der Waals surface area contributed by atoms with Gasteiger partial charge in [-0.3, -0.25) is 9.59 Å². The third kappa shape index (κ3) is 8.59. The number of hydrogen-bond donors (Lipinski definition) is 3. The summed E-state index contributed by atoms with van der Waals surface area (Å²) in [7, 11) is 0. The second kappa shape index (κ2) is 14.2. The van der Waals surface area contributed by atoms with Crippen LogP contribution in [0, 0.1) is 11.8 Å². The van der Waals surface area contributed by atoms with E-state index >= 15 is 0 Å². The Kier molecular flexibility index (Phi) is 11.0. The van der Waals surface area contributed by atoms with Crippen molar-refractivity contribution in [2.75, 3.05) is 19.6 Å². The summed E-state index contributed by atoms with van der Waals surface area (Å²) in [5.41, 5.74) is 6.56. The molecule has 0 saturated carbocycles. The third-order valence-corrected chi connectivity index (χ3v) is 6.93. The number of aromatic nitrogens is 1. The molecular formula is C28H39FN4O6. The number of amides is 2. The monoisotopic (exact) mass is 546 g/mol. The number of fused-ring (bicyclic) bond motifs is 3. The maximum absolute atomic E-state index is 14.6. The van der Waals surface area contributed by atoms with Gasteiger partial charge in [0.25, 0.3) is 5.91 Å². The molecule has 6 atom stereocenters. The highest BCUT2D eigenvalue weighted by Gasteiger charge is 2.39. The summed E-state index contributed by atoms with van der Waals surface area (Å²) >= 11 is 0. The first kappa shape index (κ1) is 30.2. The number of alkyl halides is 1. The Labute approximate surface area is 228 Å². The molecular weight excluding hydrogens is 507 g/mol. The van der Waals surface area contributed by atoms with E-state index in [1.165, 1.54) is 17.1 Å². The number of allylic oxidation sites excluding steroid dienone is 2. The maximum atomic E-state index is 14.6. The van der Waals surface area contributed by atoms with Crippen LogP contribution in [0.25, 0.3) is 0 Å². The van der Waals surface area contributed by atoms with Gasteiger partial charge in [0, 0.05) is 31.3 Å². The number of nitrogens with zero attached hydrogens (tertiary/aromatic N) is 2. The first-order valence-electron chi connectivity index (χ1n) is 13.4. The summed E-state index contributed by atoms with van der Waals surface area (Å²) in [5, 5.41) is 13.0. The minimum absolute atomic E-state index is 0.0223. The normalized spacial score (nSPS) is 31.8. The number of aliphatic hydroxyl groups excluding tert-OH is 1. The van der Waals surface area contributed by atoms with E-state index in [1.807, 2.05) is 13.8 Å². The number of cyclic esters (lactones) is 1. The molecule has 0 unspecified atom stereocenters. The molecule has 214 valence electrons. The maximum Gasteiger partial charge on any atom is 0.329 e. The lowest BCUT2D eigenvalue weighted by Gasteiger charge is -2.30. The molecule has 39 heavy (non-hydrogen) atoms. The molecule has 1 saturated heterocycles. The van der Waals surface area contributed by atoms with Gasteiger partial charge in [-0.05, 0) is 32.4 Å². The van der Waals surface area contributed by atoms with E-state index in [9.17, 15) is 23.9 Å². The lowest BCUT2D eigenvalue weighted by molar-refractivity contribution is -0.158. The Morgan fingerprint density at radius 1 is 1.31 bits per heavy atom. The standard InChI is InChI=1S/C28H39FN4O6/c1-17-6-4-10-31-24(35)9-8-18(2)26(19(3)15-30)39-28(37)23-7-5-11-33(23)27(36)22-16-38-25(32-22)14-20(29)13-21(34)12-17/h4,6,8-9,12,16,18-21,23,26,34H,5,7,10-11,13-15,30H2,1-3H3,(H,31,35)/b6-4+,9-8+,17-12+/t18-,19+,20-,21-,23-,26+/m1/s1. The van der Waals surface area contributed by atoms with Crippen molar-refractivity contribution in [3.63, 3.8) is 0 Å². The number of rotatable bonds is 2. The van der Waals surface area contributed by atoms with Crippen molar-refractivity contribution in [3.8, 4) is 0 Å². The third-order valence-electron chi connectivity index (χ3n) is 6.93. The van der Waals surface area contributed by atoms with Crippen LogP contribution in [0.5, 0.6) is 0 Å². The first-order chi connectivity index (χ1) is 18.6. The van der Waals surface area contributed by atoms with Gasteiger partial charge >= 0.3 is 5.97 Å². The Hall–Kier alpha value is -3.31. The van der Waals surface area contributed by atoms with Crippen molar-refractivity contribution in [3.05, 3.63) is 53.8 Å². The number of oxazole rings is 1. The molecule has 2 bridgehead atoms. The number of aliphatic hydroxyl groups is 1. The quantitative estimate of drug-likeness (QED) is 0.479. The predicted molar refractivity (Wildman–Crippen MR) is 142 cm³/mol. The zero-order chi connectivity index (χ0) is 28.5. The van der Waals surface area contributed by atoms with E-state index in [0.717, 1.165) is 6.26 Å². The average Bonchev–Trinajstić information content (AvgIpc) is 3.57. The van der Waals surface area contributed by atoms with Crippen molar-refractivity contribution in [2.45, 2.75) is 70.9 Å². The van der Waals surface area contributed by atoms with E-state index in [4.69, 9.17) is 14.9 Å². The van der Waals surface area contributed by atoms with Crippen LogP contribution in [0.4, 0.5) is 4.39 Å². The number of nitrogens with one attached hydrogen (secondary N) is 1. The van der Waals surface area contributed by atoms with Crippen LogP contribution >= 0.6 is 0 Å². The molecule has 3 heterocycles. The molecule has 0 spiro atoms. The highest BCUT2D eigenvalue weighted by Crippen LogP contribution is 2.25. The van der Waals surface area contributed by atoms with Gasteiger partial charge in [0.15, 0.2) is 11.6 Å². The minimum atomic E-state index is -1.46. The summed E-state index contributed by atoms with van der Waals surface area (Å²) in [6, 6.07) is -0.808. The van der Waals surface area contributed by atoms with Crippen molar-refractivity contribution in [2.24, 2.45) is 17.6 Å². The number of esters is 1. The molecule has 2 aliphatic heterocycles. The molecule has 11 heteroatoms. The van der Waals surface area contributed by atoms with E-state index < -0.39 is 36.3 Å². The molecule has 4 N–H and O–H groups in total. The fraction of sp³-hybridized carbons (Fsp3) is 0.571. The molecule has 10 nitrogen and oxygen atoms in total. The number of halogens is 1. The summed E-state index contributed by atoms with van der Waals surface area (Å²) in [4.78, 5) is 44.3. The Morgan fingerprint density at radius 3 is 2.82 bits per heavy atom. The fourth-order valence-electron chi connectivity index (χ4n) is 4.77. The Bertz CT molecular complexity index is 1100. The van der Waals surface area contributed by atoms with Crippen molar-refractivity contribution < 1.29 is 33.0 Å². The number of ether oxygens (including phenoxy) is 1. The van der Waals surface area contributed by atoms with Crippen molar-refractivity contribution >= 4 is 17.8 Å². The van der Waals surface area contributed by atoms with E-state index in [-0.39, 0.29) is 55.3 Å². The predicted octanol–water partition coefficient (Wildman–Crippen LogP) is 2.24. The Balaban J connectivity index is 1.86. The van der Waals surface area contributed by atoms with E-state index in [0.29, 0.717) is 25.0 Å². The van der Waals surface area contributed by atoms with Crippen LogP contribution in [-0.4, -0.2) is 76.8 Å². The van der Waals surface area contributed by atoms with Crippen LogP contribution in [0.1, 0.15) is 56.4 Å². The van der Waals surface area contributed by atoms with Crippen molar-refractivity contribution in [1.29, 1.82) is 0 Å². The SMILES string of the molecule is CC1=C\[C@@H](O)C[C@@H](F)Cc2nc(co2)C(=O)N2CCC[C@@H]2C(=O)O[C@H]([C@@H](C)CN)[C@H](C)/C=C/C(=O)NC\C=C\1. The van der Waals surface area contributed by atoms with Gasteiger partial charge < -0.3 is 30.2 Å². The van der Waals surface area contributed by atoms with Gasteiger partial charge in [-0.25, -0.2) is 14.2 Å². The fourth-order valence-corrected chi connectivity index (χ4v) is 4.77. The van der Waals surface area contributed by atoms with Gasteiger partial charge in [0.2, 0.25) is 5.91 Å². The molecule has 1 fully saturated rings. The number of carbonyl (C=O) groups is 3. The Morgan fingerprint density at radius 2 is 2.08 bits per heavy atom. The zero-order valence-electron chi connectivity index (χ0n) is 22.7. The number of carbonyl (C=O) groups excluding carboxylic acids is 3. The molecule has 0 aliphatic carbocycles. The van der Waals surface area contributed by atoms with Crippen LogP contribution in [-0.2, 0) is 20.7 Å². The van der Waals surface area contributed by atoms with Gasteiger partial charge in [0.05, 0.1) is 12.5 Å². The summed E-state index contributed by atoms with van der Waals surface area (Å²) in [5.74, 6) is -1.86. The smallest absolute Gasteiger partial charge is 0.329 e. The number of hydrogen-bond acceptors (Lipinski definition) is 8. The first-order valence-corrected chi connectivity index (χ1v) is 13.4. The van der Waals surface area contributed by atoms with Gasteiger partial charge in [-0.1, -0.05) is 43.7 Å². The summed E-state index contributed by atoms with van der Waals surface area (Å²) in [6.07, 6.45) is 6.71. The minimum Gasteiger partial charge on any atom is -0.460 e. The molecule has 1 aromatic heterocycles. The van der Waals surface area contributed by atoms with E-state index in [2.05, 4.69) is 10.3 Å². The van der Waals surface area contributed by atoms with Crippen LogP contribution in [0.2, 0.25) is 0 Å². The van der Waals surface area contributed by atoms with Crippen molar-refractivity contribution in [1.82, 2.24) is 15.2 Å². The van der Waals surface area contributed by atoms with Crippen LogP contribution < -0.4 is 11.1 Å². The topological polar surface area (TPSA) is 148 Å². The lowest BCUT2D eigenvalue weighted by Crippen LogP contribution is -2.45. The second-order valence-corrected chi connectivity index (χ2v) is 10.3. The lowest BCUT2D eigenvalue weighted by atomic mass is 9.92. The molecule has 0 aromatic carbocycles. The van der Waals surface area contributed by atoms with E-state index in [1.54, 1.807) is 25.2 Å². The van der Waals surface area contributed by atoms with Gasteiger partial charge in [-0.15, -0.1) is 0 Å². The highest BCUT2D eigenvalue weighted by atomic mass is 19.1. The summed E-state index contributed by atoms with van der Waals surface area (Å²) in [6.45, 7) is 6.31. The highest BCUT2D eigenvalue weighted by molar-refractivity contribution is 5.95.